The third-order valence-corrected chi connectivity index (χ3v) is 1.47. The van der Waals surface area contributed by atoms with E-state index in [-0.39, 0.29) is 5.75 Å². The second-order valence-electron chi connectivity index (χ2n) is 2.40. The maximum atomic E-state index is 10.6. The van der Waals surface area contributed by atoms with Crippen molar-refractivity contribution in [2.24, 2.45) is 0 Å². The Kier molecular flexibility index (Phi) is 2.41. The molecule has 1 rings (SSSR count). The van der Waals surface area contributed by atoms with E-state index in [0.717, 1.165) is 12.8 Å². The van der Waals surface area contributed by atoms with E-state index in [0.29, 0.717) is 6.61 Å². The van der Waals surface area contributed by atoms with Crippen molar-refractivity contribution in [3.05, 3.63) is 26.5 Å². The lowest BCUT2D eigenvalue weighted by atomic mass is 10.3. The Hall–Kier alpha value is -1.12. The molecule has 1 aromatic carbocycles. The fourth-order valence-corrected chi connectivity index (χ4v) is 0.728. The summed E-state index contributed by atoms with van der Waals surface area (Å²) in [5.74, 6) is 0.225. The van der Waals surface area contributed by atoms with E-state index in [1.54, 1.807) is 0 Å². The van der Waals surface area contributed by atoms with E-state index in [4.69, 9.17) is 4.74 Å². The zero-order valence-corrected chi connectivity index (χ0v) is 6.42. The van der Waals surface area contributed by atoms with Gasteiger partial charge in [-0.1, -0.05) is 13.3 Å². The van der Waals surface area contributed by atoms with Crippen LogP contribution in [0, 0.1) is 0 Å². The van der Waals surface area contributed by atoms with Crippen LogP contribution in [0.1, 0.15) is 19.8 Å². The normalized spacial score (nSPS) is 10.3. The average Bonchev–Trinajstić information content (AvgIpc) is 2.03. The topological polar surface area (TPSA) is 43.4 Å². The molecule has 0 amide bonds. The summed E-state index contributed by atoms with van der Waals surface area (Å²) in [6, 6.07) is 1.23. The van der Waals surface area contributed by atoms with Crippen LogP contribution in [0.3, 0.4) is 0 Å². The molecule has 0 spiro atoms. The van der Waals surface area contributed by atoms with Crippen LogP contribution >= 0.6 is 0 Å². The highest BCUT2D eigenvalue weighted by Gasteiger charge is 2.09. The Morgan fingerprint density at radius 3 is 2.64 bits per heavy atom. The van der Waals surface area contributed by atoms with Gasteiger partial charge in [0.2, 0.25) is 5.43 Å². The van der Waals surface area contributed by atoms with Crippen molar-refractivity contribution in [3.8, 4) is 5.75 Å². The lowest BCUT2D eigenvalue weighted by Gasteiger charge is -2.03. The van der Waals surface area contributed by atoms with Gasteiger partial charge in [-0.15, -0.1) is 0 Å². The highest BCUT2D eigenvalue weighted by Crippen LogP contribution is 2.00. The predicted octanol–water partition coefficient (Wildman–Crippen LogP) is 0.461. The van der Waals surface area contributed by atoms with Crippen molar-refractivity contribution >= 4 is 0 Å². The highest BCUT2D eigenvalue weighted by molar-refractivity contribution is 5.26. The van der Waals surface area contributed by atoms with Crippen molar-refractivity contribution in [1.29, 1.82) is 0 Å². The molecule has 0 radical (unpaired) electrons. The van der Waals surface area contributed by atoms with Gasteiger partial charge < -0.3 is 4.74 Å². The second-order valence-corrected chi connectivity index (χ2v) is 2.40. The Balaban J connectivity index is 2.37. The molecule has 0 atom stereocenters. The molecule has 0 unspecified atom stereocenters. The van der Waals surface area contributed by atoms with Crippen molar-refractivity contribution < 1.29 is 4.74 Å². The Morgan fingerprint density at radius 1 is 1.45 bits per heavy atom. The van der Waals surface area contributed by atoms with Crippen LogP contribution in [0.25, 0.3) is 0 Å². The minimum absolute atomic E-state index is 0.225. The molecule has 0 saturated heterocycles. The first-order valence-electron chi connectivity index (χ1n) is 3.69. The summed E-state index contributed by atoms with van der Waals surface area (Å²) < 4.78 is 4.99. The molecule has 0 fully saturated rings. The Morgan fingerprint density at radius 2 is 2.18 bits per heavy atom. The molecule has 0 N–H and O–H groups in total. The van der Waals surface area contributed by atoms with Gasteiger partial charge in [0.15, 0.2) is 5.75 Å². The Labute approximate surface area is 64.3 Å². The third-order valence-electron chi connectivity index (χ3n) is 1.47. The fraction of sp³-hybridized carbons (Fsp3) is 0.500. The quantitative estimate of drug-likeness (QED) is 0.467. The van der Waals surface area contributed by atoms with Crippen LogP contribution in [0.2, 0.25) is 0 Å². The molecule has 1 aromatic rings. The van der Waals surface area contributed by atoms with Crippen LogP contribution in [0.4, 0.5) is 0 Å². The molecular weight excluding hydrogens is 144 g/mol. The first kappa shape index (κ1) is 7.98. The third kappa shape index (κ3) is 1.67. The SMILES string of the molecule is CCCCOc1cc(=O)c1=O. The fourth-order valence-electron chi connectivity index (χ4n) is 0.728. The van der Waals surface area contributed by atoms with E-state index in [1.807, 2.05) is 6.92 Å². The van der Waals surface area contributed by atoms with Crippen molar-refractivity contribution in [2.75, 3.05) is 6.61 Å². The van der Waals surface area contributed by atoms with Gasteiger partial charge in [-0.05, 0) is 6.42 Å². The van der Waals surface area contributed by atoms with Crippen LogP contribution in [-0.2, 0) is 0 Å². The molecule has 0 aromatic heterocycles. The van der Waals surface area contributed by atoms with E-state index >= 15 is 0 Å². The van der Waals surface area contributed by atoms with Gasteiger partial charge in [-0.3, -0.25) is 9.59 Å². The number of hydrogen-bond donors (Lipinski definition) is 0. The molecule has 60 valence electrons. The van der Waals surface area contributed by atoms with Gasteiger partial charge in [-0.25, -0.2) is 0 Å². The number of hydrogen-bond acceptors (Lipinski definition) is 3. The van der Waals surface area contributed by atoms with Crippen LogP contribution in [0.15, 0.2) is 15.7 Å². The number of ether oxygens (including phenoxy) is 1. The zero-order valence-electron chi connectivity index (χ0n) is 6.42. The molecule has 11 heavy (non-hydrogen) atoms. The van der Waals surface area contributed by atoms with Gasteiger partial charge in [-0.2, -0.15) is 0 Å². The molecule has 3 heteroatoms. The highest BCUT2D eigenvalue weighted by atomic mass is 16.5. The molecular formula is C8H10O3. The van der Waals surface area contributed by atoms with Gasteiger partial charge in [0.1, 0.15) is 0 Å². The number of unbranched alkanes of at least 4 members (excludes halogenated alkanes) is 1. The first-order valence-corrected chi connectivity index (χ1v) is 3.69. The minimum Gasteiger partial charge on any atom is -0.489 e. The van der Waals surface area contributed by atoms with E-state index in [9.17, 15) is 9.59 Å². The van der Waals surface area contributed by atoms with Gasteiger partial charge in [0, 0.05) is 6.07 Å². The zero-order chi connectivity index (χ0) is 8.27. The van der Waals surface area contributed by atoms with Crippen molar-refractivity contribution in [1.82, 2.24) is 0 Å². The van der Waals surface area contributed by atoms with Gasteiger partial charge in [0.25, 0.3) is 5.43 Å². The van der Waals surface area contributed by atoms with E-state index < -0.39 is 10.9 Å². The monoisotopic (exact) mass is 154 g/mol. The summed E-state index contributed by atoms with van der Waals surface area (Å²) in [4.78, 5) is 21.0. The van der Waals surface area contributed by atoms with Crippen LogP contribution < -0.4 is 15.6 Å². The molecule has 0 saturated carbocycles. The lowest BCUT2D eigenvalue weighted by Crippen LogP contribution is -2.30. The van der Waals surface area contributed by atoms with Crippen molar-refractivity contribution in [3.63, 3.8) is 0 Å². The standard InChI is InChI=1S/C8H10O3/c1-2-3-4-11-7-5-6(9)8(7)10/h5H,2-4H2,1H3. The average molecular weight is 154 g/mol. The summed E-state index contributed by atoms with van der Waals surface area (Å²) in [5, 5.41) is 0. The van der Waals surface area contributed by atoms with Crippen molar-refractivity contribution in [2.45, 2.75) is 19.8 Å². The maximum absolute atomic E-state index is 10.6. The predicted molar refractivity (Wildman–Crippen MR) is 41.8 cm³/mol. The summed E-state index contributed by atoms with van der Waals surface area (Å²) in [5.41, 5.74) is -0.933. The number of rotatable bonds is 4. The van der Waals surface area contributed by atoms with Crippen LogP contribution in [0.5, 0.6) is 5.75 Å². The van der Waals surface area contributed by atoms with Gasteiger partial charge >= 0.3 is 0 Å². The van der Waals surface area contributed by atoms with E-state index in [2.05, 4.69) is 0 Å². The smallest absolute Gasteiger partial charge is 0.267 e. The lowest BCUT2D eigenvalue weighted by molar-refractivity contribution is 0.303. The Bertz CT molecular complexity index is 294. The van der Waals surface area contributed by atoms with Gasteiger partial charge in [0.05, 0.1) is 6.61 Å². The second kappa shape index (κ2) is 3.32. The minimum atomic E-state index is -0.485. The summed E-state index contributed by atoms with van der Waals surface area (Å²) in [7, 11) is 0. The molecule has 3 nitrogen and oxygen atoms in total. The summed E-state index contributed by atoms with van der Waals surface area (Å²) in [6.07, 6.45) is 1.94. The largest absolute Gasteiger partial charge is 0.489 e. The molecule has 0 aliphatic carbocycles. The molecule has 0 aliphatic heterocycles. The van der Waals surface area contributed by atoms with E-state index in [1.165, 1.54) is 6.07 Å². The molecule has 0 heterocycles. The first-order chi connectivity index (χ1) is 5.25. The maximum Gasteiger partial charge on any atom is 0.267 e. The molecule has 0 aliphatic rings. The van der Waals surface area contributed by atoms with Crippen LogP contribution in [-0.4, -0.2) is 6.61 Å². The summed E-state index contributed by atoms with van der Waals surface area (Å²) >= 11 is 0. The molecule has 0 bridgehead atoms. The summed E-state index contributed by atoms with van der Waals surface area (Å²) in [6.45, 7) is 2.56.